The van der Waals surface area contributed by atoms with Crippen LogP contribution in [0.3, 0.4) is 0 Å². The number of nitrogens with one attached hydrogen (secondary N) is 1. The number of nitrogens with zero attached hydrogens (tertiary/aromatic N) is 2. The van der Waals surface area contributed by atoms with Crippen LogP contribution in [0.4, 0.5) is 23.7 Å². The first kappa shape index (κ1) is 30.4. The van der Waals surface area contributed by atoms with Crippen molar-refractivity contribution in [2.45, 2.75) is 12.7 Å². The SMILES string of the molecule is COC(=O)CNCc1ccc(N=C(c2ccccc2)c2c(O)n(C(N)=O)c3ccccc23)cc1.O=C(O)C(F)(F)F. The zero-order chi connectivity index (χ0) is 30.2. The van der Waals surface area contributed by atoms with Crippen LogP contribution < -0.4 is 11.1 Å². The highest BCUT2D eigenvalue weighted by molar-refractivity contribution is 6.23. The number of para-hydroxylation sites is 1. The van der Waals surface area contributed by atoms with Crippen molar-refractivity contribution in [2.24, 2.45) is 10.7 Å². The number of ether oxygens (including phenoxy) is 1. The maximum atomic E-state index is 12.1. The van der Waals surface area contributed by atoms with Crippen LogP contribution in [0.1, 0.15) is 16.7 Å². The van der Waals surface area contributed by atoms with Crippen LogP contribution in [-0.2, 0) is 20.9 Å². The largest absolute Gasteiger partial charge is 0.494 e. The average molecular weight is 571 g/mol. The van der Waals surface area contributed by atoms with Crippen molar-refractivity contribution in [1.82, 2.24) is 9.88 Å². The number of carboxylic acids is 1. The van der Waals surface area contributed by atoms with Gasteiger partial charge in [0.25, 0.3) is 0 Å². The minimum Gasteiger partial charge on any atom is -0.494 e. The van der Waals surface area contributed by atoms with Gasteiger partial charge in [0.15, 0.2) is 0 Å². The van der Waals surface area contributed by atoms with Crippen molar-refractivity contribution in [1.29, 1.82) is 0 Å². The first-order valence-electron chi connectivity index (χ1n) is 11.9. The molecule has 10 nitrogen and oxygen atoms in total. The number of carboxylic acid groups (broad SMARTS) is 1. The molecule has 0 fully saturated rings. The molecule has 4 aromatic rings. The third kappa shape index (κ3) is 7.70. The Morgan fingerprint density at radius 3 is 2.12 bits per heavy atom. The van der Waals surface area contributed by atoms with Gasteiger partial charge in [-0.05, 0) is 23.8 Å². The van der Waals surface area contributed by atoms with Crippen LogP contribution in [0.25, 0.3) is 10.9 Å². The van der Waals surface area contributed by atoms with Crippen molar-refractivity contribution >= 4 is 40.3 Å². The van der Waals surface area contributed by atoms with E-state index in [2.05, 4.69) is 10.1 Å². The molecule has 0 aliphatic heterocycles. The van der Waals surface area contributed by atoms with Gasteiger partial charge >= 0.3 is 24.1 Å². The molecule has 41 heavy (non-hydrogen) atoms. The van der Waals surface area contributed by atoms with Gasteiger partial charge in [-0.15, -0.1) is 0 Å². The highest BCUT2D eigenvalue weighted by atomic mass is 19.4. The number of esters is 1. The molecule has 13 heteroatoms. The summed E-state index contributed by atoms with van der Waals surface area (Å²) in [5.74, 6) is -3.35. The van der Waals surface area contributed by atoms with E-state index in [0.717, 1.165) is 15.7 Å². The molecule has 0 radical (unpaired) electrons. The number of primary amides is 1. The van der Waals surface area contributed by atoms with Gasteiger partial charge in [-0.3, -0.25) is 4.79 Å². The molecule has 0 bridgehead atoms. The number of benzene rings is 3. The number of aliphatic carboxylic acids is 1. The summed E-state index contributed by atoms with van der Waals surface area (Å²) >= 11 is 0. The second kappa shape index (κ2) is 13.3. The van der Waals surface area contributed by atoms with Crippen LogP contribution in [0.15, 0.2) is 83.9 Å². The van der Waals surface area contributed by atoms with Crippen molar-refractivity contribution in [3.63, 3.8) is 0 Å². The molecule has 0 unspecified atom stereocenters. The summed E-state index contributed by atoms with van der Waals surface area (Å²) in [5.41, 5.74) is 9.38. The average Bonchev–Trinajstić information content (AvgIpc) is 3.24. The smallest absolute Gasteiger partial charge is 0.490 e. The second-order valence-corrected chi connectivity index (χ2v) is 8.36. The molecule has 1 amide bonds. The highest BCUT2D eigenvalue weighted by Gasteiger charge is 2.38. The summed E-state index contributed by atoms with van der Waals surface area (Å²) in [6, 6.07) is 23.3. The van der Waals surface area contributed by atoms with E-state index in [4.69, 9.17) is 20.6 Å². The Morgan fingerprint density at radius 1 is 0.976 bits per heavy atom. The summed E-state index contributed by atoms with van der Waals surface area (Å²) in [7, 11) is 1.35. The van der Waals surface area contributed by atoms with E-state index in [1.165, 1.54) is 7.11 Å². The second-order valence-electron chi connectivity index (χ2n) is 8.36. The third-order valence-corrected chi connectivity index (χ3v) is 5.60. The number of methoxy groups -OCH3 is 1. The molecule has 5 N–H and O–H groups in total. The topological polar surface area (TPSA) is 156 Å². The molecule has 0 spiro atoms. The number of fused-ring (bicyclic) bond motifs is 1. The van der Waals surface area contributed by atoms with Crippen LogP contribution in [0.2, 0.25) is 0 Å². The first-order valence-corrected chi connectivity index (χ1v) is 11.9. The van der Waals surface area contributed by atoms with Crippen LogP contribution in [0, 0.1) is 0 Å². The number of halogens is 3. The summed E-state index contributed by atoms with van der Waals surface area (Å²) in [6.07, 6.45) is -5.08. The van der Waals surface area contributed by atoms with Crippen LogP contribution in [0.5, 0.6) is 5.88 Å². The van der Waals surface area contributed by atoms with E-state index in [9.17, 15) is 27.9 Å². The lowest BCUT2D eigenvalue weighted by Gasteiger charge is -2.09. The maximum Gasteiger partial charge on any atom is 0.490 e. The minimum atomic E-state index is -5.08. The summed E-state index contributed by atoms with van der Waals surface area (Å²) in [6.45, 7) is 0.620. The molecule has 0 atom stereocenters. The molecule has 0 saturated heterocycles. The zero-order valence-electron chi connectivity index (χ0n) is 21.6. The quantitative estimate of drug-likeness (QED) is 0.190. The highest BCUT2D eigenvalue weighted by Crippen LogP contribution is 2.34. The van der Waals surface area contributed by atoms with E-state index in [1.807, 2.05) is 66.7 Å². The molecule has 0 aliphatic rings. The number of carbonyl (C=O) groups excluding carboxylic acids is 2. The Kier molecular flexibility index (Phi) is 9.82. The Morgan fingerprint density at radius 2 is 1.56 bits per heavy atom. The first-order chi connectivity index (χ1) is 19.4. The number of alkyl halides is 3. The predicted octanol–water partition coefficient (Wildman–Crippen LogP) is 4.34. The fourth-order valence-corrected chi connectivity index (χ4v) is 3.74. The van der Waals surface area contributed by atoms with Crippen molar-refractivity contribution in [3.8, 4) is 5.88 Å². The normalized spacial score (nSPS) is 11.5. The Bertz CT molecular complexity index is 1570. The molecule has 0 saturated carbocycles. The van der Waals surface area contributed by atoms with Gasteiger partial charge in [0.05, 0.1) is 36.1 Å². The standard InChI is InChI=1S/C26H24N4O4.C2HF3O2/c1-34-22(31)16-28-15-17-11-13-19(14-12-17)29-24(18-7-3-2-4-8-18)23-20-9-5-6-10-21(20)30(25(23)32)26(27)33;3-2(4,5)1(6)7/h2-14,28,32H,15-16H2,1H3,(H2,27,33);(H,6,7). The van der Waals surface area contributed by atoms with E-state index >= 15 is 0 Å². The van der Waals surface area contributed by atoms with Crippen LogP contribution >= 0.6 is 0 Å². The molecular formula is C28H25F3N4O6. The fraction of sp³-hybridized carbons (Fsp3) is 0.143. The molecule has 214 valence electrons. The van der Waals surface area contributed by atoms with Gasteiger partial charge in [-0.25, -0.2) is 19.1 Å². The maximum absolute atomic E-state index is 12.1. The Labute approximate surface area is 231 Å². The number of hydrogen-bond donors (Lipinski definition) is 4. The molecule has 1 aromatic heterocycles. The fourth-order valence-electron chi connectivity index (χ4n) is 3.74. The minimum absolute atomic E-state index is 0.123. The van der Waals surface area contributed by atoms with Gasteiger partial charge in [0.1, 0.15) is 0 Å². The van der Waals surface area contributed by atoms with Gasteiger partial charge in [0, 0.05) is 17.5 Å². The Balaban J connectivity index is 0.000000587. The lowest BCUT2D eigenvalue weighted by Crippen LogP contribution is -2.23. The van der Waals surface area contributed by atoms with Gasteiger partial charge in [0.2, 0.25) is 5.88 Å². The number of aliphatic imine (C=N–C) groups is 1. The zero-order valence-corrected chi connectivity index (χ0v) is 21.6. The summed E-state index contributed by atoms with van der Waals surface area (Å²) in [4.78, 5) is 37.1. The number of carbonyl (C=O) groups is 3. The van der Waals surface area contributed by atoms with E-state index in [-0.39, 0.29) is 18.4 Å². The van der Waals surface area contributed by atoms with Crippen molar-refractivity contribution in [2.75, 3.05) is 13.7 Å². The predicted molar refractivity (Wildman–Crippen MR) is 144 cm³/mol. The third-order valence-electron chi connectivity index (χ3n) is 5.60. The van der Waals surface area contributed by atoms with E-state index < -0.39 is 18.2 Å². The Hall–Kier alpha value is -5.17. The molecule has 4 rings (SSSR count). The number of nitrogens with two attached hydrogens (primary N) is 1. The molecular weight excluding hydrogens is 545 g/mol. The van der Waals surface area contributed by atoms with Crippen molar-refractivity contribution in [3.05, 3.63) is 95.6 Å². The number of aromatic hydroxyl groups is 1. The van der Waals surface area contributed by atoms with E-state index in [1.54, 1.807) is 12.1 Å². The monoisotopic (exact) mass is 570 g/mol. The number of hydrogen-bond acceptors (Lipinski definition) is 7. The summed E-state index contributed by atoms with van der Waals surface area (Å²) < 4.78 is 37.4. The number of rotatable bonds is 7. The molecule has 3 aromatic carbocycles. The number of aromatic nitrogens is 1. The lowest BCUT2D eigenvalue weighted by atomic mass is 10.0. The van der Waals surface area contributed by atoms with Gasteiger partial charge in [-0.1, -0.05) is 60.7 Å². The van der Waals surface area contributed by atoms with Crippen molar-refractivity contribution < 1.29 is 42.5 Å². The molecule has 1 heterocycles. The van der Waals surface area contributed by atoms with Gasteiger partial charge < -0.3 is 26.0 Å². The van der Waals surface area contributed by atoms with Crippen LogP contribution in [-0.4, -0.2) is 58.3 Å². The molecule has 0 aliphatic carbocycles. The van der Waals surface area contributed by atoms with E-state index in [0.29, 0.717) is 34.4 Å². The lowest BCUT2D eigenvalue weighted by molar-refractivity contribution is -0.192. The number of amides is 1. The summed E-state index contributed by atoms with van der Waals surface area (Å²) in [5, 5.41) is 21.8. The van der Waals surface area contributed by atoms with Gasteiger partial charge in [-0.2, -0.15) is 13.2 Å².